The van der Waals surface area contributed by atoms with Crippen LogP contribution in [-0.2, 0) is 0 Å². The fraction of sp³-hybridized carbons (Fsp3) is 0.0833. The predicted octanol–water partition coefficient (Wildman–Crippen LogP) is 2.75. The largest absolute Gasteiger partial charge is 0.390 e. The first-order chi connectivity index (χ1) is 8.74. The van der Waals surface area contributed by atoms with Crippen LogP contribution in [0.25, 0.3) is 22.8 Å². The number of thiophene rings is 1. The fourth-order valence-corrected chi connectivity index (χ4v) is 2.42. The van der Waals surface area contributed by atoms with Crippen LogP contribution in [0.5, 0.6) is 0 Å². The fourth-order valence-electron chi connectivity index (χ4n) is 1.64. The summed E-state index contributed by atoms with van der Waals surface area (Å²) in [6.07, 6.45) is 3.39. The van der Waals surface area contributed by atoms with E-state index in [1.807, 2.05) is 25.1 Å². The third kappa shape index (κ3) is 1.86. The summed E-state index contributed by atoms with van der Waals surface area (Å²) < 4.78 is 5.24. The molecule has 3 aromatic heterocycles. The van der Waals surface area contributed by atoms with Gasteiger partial charge in [-0.3, -0.25) is 4.98 Å². The molecule has 90 valence electrons. The van der Waals surface area contributed by atoms with Gasteiger partial charge in [-0.25, -0.2) is 0 Å². The lowest BCUT2D eigenvalue weighted by molar-refractivity contribution is 0.432. The van der Waals surface area contributed by atoms with Crippen molar-refractivity contribution in [2.75, 3.05) is 5.73 Å². The number of pyridine rings is 1. The normalized spacial score (nSPS) is 10.7. The maximum atomic E-state index is 5.90. The highest BCUT2D eigenvalue weighted by molar-refractivity contribution is 7.16. The quantitative estimate of drug-likeness (QED) is 0.764. The van der Waals surface area contributed by atoms with E-state index in [0.717, 1.165) is 16.0 Å². The molecule has 0 aliphatic carbocycles. The van der Waals surface area contributed by atoms with Gasteiger partial charge in [0.1, 0.15) is 0 Å². The van der Waals surface area contributed by atoms with Crippen molar-refractivity contribution in [3.8, 4) is 22.8 Å². The maximum absolute atomic E-state index is 5.90. The average molecular weight is 258 g/mol. The van der Waals surface area contributed by atoms with Crippen molar-refractivity contribution in [1.29, 1.82) is 0 Å². The Bertz CT molecular complexity index is 674. The van der Waals surface area contributed by atoms with Crippen molar-refractivity contribution in [3.05, 3.63) is 35.5 Å². The SMILES string of the molecule is Cc1cc(-c2nc(-c3cccnc3)no2)c(N)s1. The molecule has 6 heteroatoms. The van der Waals surface area contributed by atoms with Gasteiger partial charge in [-0.2, -0.15) is 4.98 Å². The van der Waals surface area contributed by atoms with E-state index in [1.54, 1.807) is 12.4 Å². The molecule has 3 heterocycles. The topological polar surface area (TPSA) is 77.8 Å². The van der Waals surface area contributed by atoms with Gasteiger partial charge in [-0.05, 0) is 25.1 Å². The molecule has 0 aliphatic heterocycles. The van der Waals surface area contributed by atoms with E-state index < -0.39 is 0 Å². The Morgan fingerprint density at radius 2 is 2.28 bits per heavy atom. The van der Waals surface area contributed by atoms with Crippen molar-refractivity contribution < 1.29 is 4.52 Å². The highest BCUT2D eigenvalue weighted by Gasteiger charge is 2.14. The Kier molecular flexibility index (Phi) is 2.56. The number of nitrogens with zero attached hydrogens (tertiary/aromatic N) is 3. The molecule has 0 radical (unpaired) electrons. The summed E-state index contributed by atoms with van der Waals surface area (Å²) in [6, 6.07) is 5.65. The van der Waals surface area contributed by atoms with Crippen LogP contribution >= 0.6 is 11.3 Å². The molecule has 0 spiro atoms. The van der Waals surface area contributed by atoms with E-state index in [0.29, 0.717) is 16.7 Å². The third-order valence-corrected chi connectivity index (χ3v) is 3.34. The second-order valence-electron chi connectivity index (χ2n) is 3.80. The van der Waals surface area contributed by atoms with Gasteiger partial charge < -0.3 is 10.3 Å². The predicted molar refractivity (Wildman–Crippen MR) is 70.0 cm³/mol. The minimum atomic E-state index is 0.440. The molecule has 0 aliphatic rings. The van der Waals surface area contributed by atoms with Crippen molar-refractivity contribution in [2.24, 2.45) is 0 Å². The molecular weight excluding hydrogens is 248 g/mol. The Balaban J connectivity index is 2.02. The number of aromatic nitrogens is 3. The molecule has 0 fully saturated rings. The van der Waals surface area contributed by atoms with Crippen LogP contribution in [0.2, 0.25) is 0 Å². The van der Waals surface area contributed by atoms with Gasteiger partial charge in [0, 0.05) is 22.8 Å². The molecule has 3 aromatic rings. The molecule has 18 heavy (non-hydrogen) atoms. The van der Waals surface area contributed by atoms with E-state index in [4.69, 9.17) is 10.3 Å². The minimum absolute atomic E-state index is 0.440. The van der Waals surface area contributed by atoms with Gasteiger partial charge in [-0.1, -0.05) is 5.16 Å². The van der Waals surface area contributed by atoms with Gasteiger partial charge >= 0.3 is 0 Å². The molecule has 3 rings (SSSR count). The van der Waals surface area contributed by atoms with Gasteiger partial charge in [0.25, 0.3) is 5.89 Å². The van der Waals surface area contributed by atoms with E-state index in [9.17, 15) is 0 Å². The summed E-state index contributed by atoms with van der Waals surface area (Å²) in [5.41, 5.74) is 7.51. The highest BCUT2D eigenvalue weighted by Crippen LogP contribution is 2.33. The van der Waals surface area contributed by atoms with E-state index in [-0.39, 0.29) is 0 Å². The van der Waals surface area contributed by atoms with Gasteiger partial charge in [0.05, 0.1) is 10.6 Å². The molecule has 2 N–H and O–H groups in total. The van der Waals surface area contributed by atoms with E-state index >= 15 is 0 Å². The monoisotopic (exact) mass is 258 g/mol. The Morgan fingerprint density at radius 3 is 2.94 bits per heavy atom. The standard InChI is InChI=1S/C12H10N4OS/c1-7-5-9(10(13)18-7)12-15-11(16-17-12)8-3-2-4-14-6-8/h2-6H,13H2,1H3. The number of rotatable bonds is 2. The van der Waals surface area contributed by atoms with Crippen LogP contribution in [0.1, 0.15) is 4.88 Å². The second kappa shape index (κ2) is 4.23. The number of hydrogen-bond acceptors (Lipinski definition) is 6. The minimum Gasteiger partial charge on any atom is -0.390 e. The summed E-state index contributed by atoms with van der Waals surface area (Å²) in [6.45, 7) is 1.99. The molecule has 0 bridgehead atoms. The lowest BCUT2D eigenvalue weighted by atomic mass is 10.2. The molecular formula is C12H10N4OS. The molecule has 0 aromatic carbocycles. The molecule has 0 saturated carbocycles. The molecule has 0 amide bonds. The van der Waals surface area contributed by atoms with Crippen LogP contribution in [0.15, 0.2) is 35.1 Å². The van der Waals surface area contributed by atoms with Crippen molar-refractivity contribution in [1.82, 2.24) is 15.1 Å². The number of aryl methyl sites for hydroxylation is 1. The average Bonchev–Trinajstić information content (AvgIpc) is 2.97. The number of anilines is 1. The van der Waals surface area contributed by atoms with Crippen LogP contribution in [0.4, 0.5) is 5.00 Å². The third-order valence-electron chi connectivity index (χ3n) is 2.46. The summed E-state index contributed by atoms with van der Waals surface area (Å²) in [5, 5.41) is 4.62. The van der Waals surface area contributed by atoms with Crippen LogP contribution < -0.4 is 5.73 Å². The van der Waals surface area contributed by atoms with Gasteiger partial charge in [0.15, 0.2) is 0 Å². The van der Waals surface area contributed by atoms with Crippen LogP contribution in [0, 0.1) is 6.92 Å². The van der Waals surface area contributed by atoms with Crippen molar-refractivity contribution >= 4 is 16.3 Å². The first-order valence-electron chi connectivity index (χ1n) is 5.34. The van der Waals surface area contributed by atoms with Crippen molar-refractivity contribution in [3.63, 3.8) is 0 Å². The number of nitrogens with two attached hydrogens (primary N) is 1. The number of hydrogen-bond donors (Lipinski definition) is 1. The second-order valence-corrected chi connectivity index (χ2v) is 5.09. The Morgan fingerprint density at radius 1 is 1.39 bits per heavy atom. The molecule has 5 nitrogen and oxygen atoms in total. The lowest BCUT2D eigenvalue weighted by Gasteiger charge is -1.90. The molecule has 0 saturated heterocycles. The summed E-state index contributed by atoms with van der Waals surface area (Å²) >= 11 is 1.51. The zero-order valence-electron chi connectivity index (χ0n) is 9.62. The highest BCUT2D eigenvalue weighted by atomic mass is 32.1. The first kappa shape index (κ1) is 10.9. The van der Waals surface area contributed by atoms with E-state index in [2.05, 4.69) is 15.1 Å². The smallest absolute Gasteiger partial charge is 0.261 e. The van der Waals surface area contributed by atoms with Crippen LogP contribution in [0.3, 0.4) is 0 Å². The summed E-state index contributed by atoms with van der Waals surface area (Å²) in [7, 11) is 0. The summed E-state index contributed by atoms with van der Waals surface area (Å²) in [4.78, 5) is 9.47. The van der Waals surface area contributed by atoms with E-state index in [1.165, 1.54) is 11.3 Å². The Labute approximate surface area is 107 Å². The van der Waals surface area contributed by atoms with Gasteiger partial charge in [0.2, 0.25) is 5.82 Å². The Hall–Kier alpha value is -2.21. The lowest BCUT2D eigenvalue weighted by Crippen LogP contribution is -1.84. The van der Waals surface area contributed by atoms with Crippen molar-refractivity contribution in [2.45, 2.75) is 6.92 Å². The zero-order valence-corrected chi connectivity index (χ0v) is 10.4. The first-order valence-corrected chi connectivity index (χ1v) is 6.16. The summed E-state index contributed by atoms with van der Waals surface area (Å²) in [5.74, 6) is 0.956. The van der Waals surface area contributed by atoms with Crippen LogP contribution in [-0.4, -0.2) is 15.1 Å². The molecule has 0 atom stereocenters. The van der Waals surface area contributed by atoms with Gasteiger partial charge in [-0.15, -0.1) is 11.3 Å². The zero-order chi connectivity index (χ0) is 12.5. The molecule has 0 unspecified atom stereocenters. The maximum Gasteiger partial charge on any atom is 0.261 e. The number of nitrogen functional groups attached to an aromatic ring is 1.